The molecule has 0 spiro atoms. The average Bonchev–Trinajstić information content (AvgIpc) is 2.48. The molecule has 21 heavy (non-hydrogen) atoms. The lowest BCUT2D eigenvalue weighted by atomic mass is 9.82. The Morgan fingerprint density at radius 3 is 2.29 bits per heavy atom. The highest BCUT2D eigenvalue weighted by Gasteiger charge is 2.35. The van der Waals surface area contributed by atoms with Crippen LogP contribution in [0.15, 0.2) is 36.4 Å². The van der Waals surface area contributed by atoms with Crippen molar-refractivity contribution in [3.63, 3.8) is 0 Å². The number of rotatable bonds is 4. The van der Waals surface area contributed by atoms with Crippen LogP contribution in [-0.4, -0.2) is 34.0 Å². The molecule has 2 N–H and O–H groups in total. The first kappa shape index (κ1) is 15.1. The van der Waals surface area contributed by atoms with Gasteiger partial charge in [-0.1, -0.05) is 24.3 Å². The molecule has 0 unspecified atom stereocenters. The number of phenolic OH excluding ortho intramolecular Hbond substituents is 1. The summed E-state index contributed by atoms with van der Waals surface area (Å²) in [7, 11) is 1.67. The van der Waals surface area contributed by atoms with E-state index in [1.54, 1.807) is 36.2 Å². The maximum absolute atomic E-state index is 12.5. The van der Waals surface area contributed by atoms with E-state index in [0.717, 1.165) is 5.56 Å². The van der Waals surface area contributed by atoms with Gasteiger partial charge in [-0.15, -0.1) is 0 Å². The summed E-state index contributed by atoms with van der Waals surface area (Å²) in [5.74, 6) is -2.05. The van der Waals surface area contributed by atoms with Gasteiger partial charge in [-0.25, -0.2) is 0 Å². The maximum Gasteiger partial charge on any atom is 0.307 e. The minimum atomic E-state index is -0.921. The standard InChI is InChI=1S/C16H19NO4/c1-17(10-11-6-8-12(18)9-7-11)15(19)13-4-2-3-5-14(13)16(20)21/h2-3,6-9,13-14,18H,4-5,10H2,1H3,(H,20,21)/t13-,14+/m1/s1. The van der Waals surface area contributed by atoms with Gasteiger partial charge in [0.25, 0.3) is 0 Å². The molecular weight excluding hydrogens is 270 g/mol. The molecular formula is C16H19NO4. The SMILES string of the molecule is CN(Cc1ccc(O)cc1)C(=O)[C@@H]1CC=CC[C@@H]1C(=O)O. The Balaban J connectivity index is 2.05. The summed E-state index contributed by atoms with van der Waals surface area (Å²) >= 11 is 0. The summed E-state index contributed by atoms with van der Waals surface area (Å²) in [6.07, 6.45) is 4.56. The van der Waals surface area contributed by atoms with Crippen molar-refractivity contribution in [3.8, 4) is 5.75 Å². The van der Waals surface area contributed by atoms with Crippen molar-refractivity contribution in [3.05, 3.63) is 42.0 Å². The van der Waals surface area contributed by atoms with Gasteiger partial charge in [-0.05, 0) is 30.5 Å². The van der Waals surface area contributed by atoms with Crippen molar-refractivity contribution in [2.75, 3.05) is 7.05 Å². The molecule has 112 valence electrons. The molecule has 5 nitrogen and oxygen atoms in total. The number of carboxylic acid groups (broad SMARTS) is 1. The van der Waals surface area contributed by atoms with Crippen LogP contribution in [-0.2, 0) is 16.1 Å². The third-order valence-corrected chi connectivity index (χ3v) is 3.80. The molecule has 1 amide bonds. The topological polar surface area (TPSA) is 77.8 Å². The number of aromatic hydroxyl groups is 1. The van der Waals surface area contributed by atoms with Crippen molar-refractivity contribution in [1.29, 1.82) is 0 Å². The molecule has 0 radical (unpaired) electrons. The summed E-state index contributed by atoms with van der Waals surface area (Å²) in [6, 6.07) is 6.62. The number of nitrogens with zero attached hydrogens (tertiary/aromatic N) is 1. The van der Waals surface area contributed by atoms with Crippen LogP contribution >= 0.6 is 0 Å². The van der Waals surface area contributed by atoms with Gasteiger partial charge in [0.15, 0.2) is 0 Å². The van der Waals surface area contributed by atoms with E-state index in [1.165, 1.54) is 0 Å². The molecule has 5 heteroatoms. The molecule has 0 fully saturated rings. The molecule has 2 atom stereocenters. The van der Waals surface area contributed by atoms with Crippen LogP contribution in [0.3, 0.4) is 0 Å². The van der Waals surface area contributed by atoms with E-state index >= 15 is 0 Å². The number of carbonyl (C=O) groups is 2. The van der Waals surface area contributed by atoms with E-state index in [9.17, 15) is 19.8 Å². The Hall–Kier alpha value is -2.30. The molecule has 0 aliphatic heterocycles. The Labute approximate surface area is 123 Å². The number of benzene rings is 1. The lowest BCUT2D eigenvalue weighted by Gasteiger charge is -2.28. The van der Waals surface area contributed by atoms with E-state index in [4.69, 9.17) is 0 Å². The van der Waals surface area contributed by atoms with Crippen LogP contribution < -0.4 is 0 Å². The molecule has 0 heterocycles. The highest BCUT2D eigenvalue weighted by molar-refractivity contribution is 5.85. The van der Waals surface area contributed by atoms with Crippen LogP contribution in [0.25, 0.3) is 0 Å². The monoisotopic (exact) mass is 289 g/mol. The summed E-state index contributed by atoms with van der Waals surface area (Å²) in [4.78, 5) is 25.3. The first-order chi connectivity index (χ1) is 9.99. The number of allylic oxidation sites excluding steroid dienone is 2. The van der Waals surface area contributed by atoms with Gasteiger partial charge in [0.2, 0.25) is 5.91 Å². The fourth-order valence-corrected chi connectivity index (χ4v) is 2.60. The Kier molecular flexibility index (Phi) is 4.62. The number of hydrogen-bond acceptors (Lipinski definition) is 3. The van der Waals surface area contributed by atoms with Crippen molar-refractivity contribution >= 4 is 11.9 Å². The van der Waals surface area contributed by atoms with Crippen molar-refractivity contribution in [2.45, 2.75) is 19.4 Å². The van der Waals surface area contributed by atoms with E-state index in [0.29, 0.717) is 19.4 Å². The predicted octanol–water partition coefficient (Wildman–Crippen LogP) is 2.02. The summed E-state index contributed by atoms with van der Waals surface area (Å²) < 4.78 is 0. The number of carbonyl (C=O) groups excluding carboxylic acids is 1. The maximum atomic E-state index is 12.5. The minimum absolute atomic E-state index is 0.153. The largest absolute Gasteiger partial charge is 0.508 e. The van der Waals surface area contributed by atoms with Gasteiger partial charge in [0, 0.05) is 13.6 Å². The molecule has 0 saturated heterocycles. The third kappa shape index (κ3) is 3.62. The normalized spacial score (nSPS) is 21.0. The minimum Gasteiger partial charge on any atom is -0.508 e. The molecule has 1 aliphatic rings. The summed E-state index contributed by atoms with van der Waals surface area (Å²) in [5.41, 5.74) is 0.891. The molecule has 1 aliphatic carbocycles. The highest BCUT2D eigenvalue weighted by Crippen LogP contribution is 2.28. The van der Waals surface area contributed by atoms with Crippen molar-refractivity contribution in [2.24, 2.45) is 11.8 Å². The van der Waals surface area contributed by atoms with E-state index < -0.39 is 17.8 Å². The summed E-state index contributed by atoms with van der Waals surface area (Å²) in [5, 5.41) is 18.5. The van der Waals surface area contributed by atoms with Crippen LogP contribution in [0, 0.1) is 11.8 Å². The number of phenols is 1. The van der Waals surface area contributed by atoms with E-state index in [2.05, 4.69) is 0 Å². The Morgan fingerprint density at radius 2 is 1.71 bits per heavy atom. The van der Waals surface area contributed by atoms with E-state index in [1.807, 2.05) is 12.2 Å². The van der Waals surface area contributed by atoms with Crippen molar-refractivity contribution < 1.29 is 19.8 Å². The third-order valence-electron chi connectivity index (χ3n) is 3.80. The predicted molar refractivity (Wildman–Crippen MR) is 77.6 cm³/mol. The first-order valence-electron chi connectivity index (χ1n) is 6.89. The van der Waals surface area contributed by atoms with Crippen LogP contribution in [0.2, 0.25) is 0 Å². The lowest BCUT2D eigenvalue weighted by molar-refractivity contribution is -0.150. The fourth-order valence-electron chi connectivity index (χ4n) is 2.60. The number of amides is 1. The van der Waals surface area contributed by atoms with Crippen LogP contribution in [0.5, 0.6) is 5.75 Å². The zero-order chi connectivity index (χ0) is 15.4. The van der Waals surface area contributed by atoms with Gasteiger partial charge in [0.1, 0.15) is 5.75 Å². The fraction of sp³-hybridized carbons (Fsp3) is 0.375. The van der Waals surface area contributed by atoms with Gasteiger partial charge in [-0.2, -0.15) is 0 Å². The smallest absolute Gasteiger partial charge is 0.307 e. The molecule has 1 aromatic carbocycles. The second-order valence-corrected chi connectivity index (χ2v) is 5.35. The van der Waals surface area contributed by atoms with Gasteiger partial charge in [-0.3, -0.25) is 9.59 Å². The van der Waals surface area contributed by atoms with Crippen LogP contribution in [0.1, 0.15) is 18.4 Å². The lowest BCUT2D eigenvalue weighted by Crippen LogP contribution is -2.39. The second-order valence-electron chi connectivity index (χ2n) is 5.35. The van der Waals surface area contributed by atoms with E-state index in [-0.39, 0.29) is 11.7 Å². The molecule has 0 aromatic heterocycles. The number of hydrogen-bond donors (Lipinski definition) is 2. The average molecular weight is 289 g/mol. The number of carboxylic acids is 1. The summed E-state index contributed by atoms with van der Waals surface area (Å²) in [6.45, 7) is 0.395. The first-order valence-corrected chi connectivity index (χ1v) is 6.89. The Bertz CT molecular complexity index is 550. The Morgan fingerprint density at radius 1 is 1.14 bits per heavy atom. The zero-order valence-corrected chi connectivity index (χ0v) is 11.9. The van der Waals surface area contributed by atoms with Gasteiger partial charge in [0.05, 0.1) is 11.8 Å². The van der Waals surface area contributed by atoms with Gasteiger partial charge < -0.3 is 15.1 Å². The van der Waals surface area contributed by atoms with Gasteiger partial charge >= 0.3 is 5.97 Å². The second kappa shape index (κ2) is 6.43. The van der Waals surface area contributed by atoms with Crippen LogP contribution in [0.4, 0.5) is 0 Å². The van der Waals surface area contributed by atoms with Crippen molar-refractivity contribution in [1.82, 2.24) is 4.90 Å². The molecule has 2 rings (SSSR count). The molecule has 0 saturated carbocycles. The number of aliphatic carboxylic acids is 1. The zero-order valence-electron chi connectivity index (χ0n) is 11.9. The quantitative estimate of drug-likeness (QED) is 0.831. The molecule has 1 aromatic rings. The molecule has 0 bridgehead atoms. The highest BCUT2D eigenvalue weighted by atomic mass is 16.4.